The fourth-order valence-electron chi connectivity index (χ4n) is 2.37. The van der Waals surface area contributed by atoms with Crippen LogP contribution in [0.1, 0.15) is 21.9 Å². The van der Waals surface area contributed by atoms with Crippen molar-refractivity contribution in [2.24, 2.45) is 0 Å². The molecule has 0 saturated heterocycles. The van der Waals surface area contributed by atoms with Gasteiger partial charge in [-0.2, -0.15) is 0 Å². The largest absolute Gasteiger partial charge is 0.456 e. The number of aryl methyl sites for hydroxylation is 1. The van der Waals surface area contributed by atoms with E-state index in [4.69, 9.17) is 4.42 Å². The fourth-order valence-corrected chi connectivity index (χ4v) is 2.37. The second-order valence-electron chi connectivity index (χ2n) is 4.69. The minimum atomic E-state index is -0.460. The van der Waals surface area contributed by atoms with Crippen LogP contribution in [0.3, 0.4) is 0 Å². The second kappa shape index (κ2) is 4.48. The van der Waals surface area contributed by atoms with Crippen LogP contribution in [0.5, 0.6) is 0 Å². The number of amides is 1. The first-order chi connectivity index (χ1) is 9.56. The average molecular weight is 272 g/mol. The number of nitrogens with zero attached hydrogens (tertiary/aromatic N) is 2. The van der Waals surface area contributed by atoms with Crippen LogP contribution in [0.4, 0.5) is 11.4 Å². The molecule has 0 atom stereocenters. The maximum atomic E-state index is 12.4. The Hall–Kier alpha value is -2.63. The van der Waals surface area contributed by atoms with E-state index in [1.54, 1.807) is 25.1 Å². The van der Waals surface area contributed by atoms with Crippen LogP contribution in [0.25, 0.3) is 0 Å². The summed E-state index contributed by atoms with van der Waals surface area (Å²) in [5.74, 6) is 0.644. The summed E-state index contributed by atoms with van der Waals surface area (Å²) >= 11 is 0. The molecule has 0 radical (unpaired) electrons. The topological polar surface area (TPSA) is 76.6 Å². The number of rotatable bonds is 2. The molecule has 1 amide bonds. The molecule has 0 bridgehead atoms. The van der Waals surface area contributed by atoms with Gasteiger partial charge in [0.2, 0.25) is 0 Å². The number of anilines is 1. The maximum Gasteiger partial charge on any atom is 0.293 e. The second-order valence-corrected chi connectivity index (χ2v) is 4.69. The van der Waals surface area contributed by atoms with E-state index in [-0.39, 0.29) is 17.4 Å². The lowest BCUT2D eigenvalue weighted by molar-refractivity contribution is -0.384. The Bertz CT molecular complexity index is 705. The summed E-state index contributed by atoms with van der Waals surface area (Å²) in [6.07, 6.45) is 0.693. The molecule has 6 nitrogen and oxygen atoms in total. The van der Waals surface area contributed by atoms with Crippen molar-refractivity contribution < 1.29 is 14.1 Å². The lowest BCUT2D eigenvalue weighted by Crippen LogP contribution is -2.28. The Morgan fingerprint density at radius 3 is 2.80 bits per heavy atom. The molecule has 0 spiro atoms. The Balaban J connectivity index is 1.97. The van der Waals surface area contributed by atoms with Gasteiger partial charge in [-0.3, -0.25) is 14.9 Å². The number of carbonyl (C=O) groups is 1. The van der Waals surface area contributed by atoms with E-state index < -0.39 is 4.92 Å². The molecule has 2 aromatic rings. The van der Waals surface area contributed by atoms with Crippen molar-refractivity contribution in [3.8, 4) is 0 Å². The quantitative estimate of drug-likeness (QED) is 0.622. The molecule has 3 rings (SSSR count). The maximum absolute atomic E-state index is 12.4. The van der Waals surface area contributed by atoms with Crippen LogP contribution in [0.15, 0.2) is 34.7 Å². The summed E-state index contributed by atoms with van der Waals surface area (Å²) in [5, 5.41) is 10.8. The highest BCUT2D eigenvalue weighted by Crippen LogP contribution is 2.32. The molecule has 1 aliphatic rings. The molecule has 1 aromatic heterocycles. The number of carbonyl (C=O) groups excluding carboxylic acids is 1. The lowest BCUT2D eigenvalue weighted by Gasteiger charge is -2.15. The molecule has 2 heterocycles. The van der Waals surface area contributed by atoms with Gasteiger partial charge in [0.05, 0.1) is 10.6 Å². The molecule has 0 N–H and O–H groups in total. The number of hydrogen-bond acceptors (Lipinski definition) is 4. The van der Waals surface area contributed by atoms with E-state index in [1.165, 1.54) is 17.0 Å². The third-order valence-electron chi connectivity index (χ3n) is 3.37. The smallest absolute Gasteiger partial charge is 0.293 e. The van der Waals surface area contributed by atoms with E-state index in [0.29, 0.717) is 24.4 Å². The van der Waals surface area contributed by atoms with E-state index in [1.807, 2.05) is 0 Å². The Morgan fingerprint density at radius 2 is 2.15 bits per heavy atom. The van der Waals surface area contributed by atoms with Gasteiger partial charge < -0.3 is 9.32 Å². The van der Waals surface area contributed by atoms with Gasteiger partial charge in [0.1, 0.15) is 5.76 Å². The highest BCUT2D eigenvalue weighted by Gasteiger charge is 2.28. The highest BCUT2D eigenvalue weighted by molar-refractivity contribution is 6.05. The van der Waals surface area contributed by atoms with Crippen molar-refractivity contribution >= 4 is 17.3 Å². The van der Waals surface area contributed by atoms with Gasteiger partial charge in [-0.1, -0.05) is 6.07 Å². The van der Waals surface area contributed by atoms with Crippen LogP contribution in [0.2, 0.25) is 0 Å². The Morgan fingerprint density at radius 1 is 1.35 bits per heavy atom. The summed E-state index contributed by atoms with van der Waals surface area (Å²) in [7, 11) is 0. The highest BCUT2D eigenvalue weighted by atomic mass is 16.6. The molecular weight excluding hydrogens is 260 g/mol. The van der Waals surface area contributed by atoms with Crippen molar-refractivity contribution in [2.45, 2.75) is 13.3 Å². The molecule has 20 heavy (non-hydrogen) atoms. The van der Waals surface area contributed by atoms with Crippen molar-refractivity contribution in [3.05, 3.63) is 57.5 Å². The van der Waals surface area contributed by atoms with Crippen LogP contribution in [-0.2, 0) is 6.42 Å². The zero-order valence-corrected chi connectivity index (χ0v) is 10.8. The van der Waals surface area contributed by atoms with Crippen molar-refractivity contribution in [3.63, 3.8) is 0 Å². The van der Waals surface area contributed by atoms with Gasteiger partial charge in [0.25, 0.3) is 11.6 Å². The average Bonchev–Trinajstić information content (AvgIpc) is 3.03. The van der Waals surface area contributed by atoms with Crippen LogP contribution in [-0.4, -0.2) is 17.4 Å². The van der Waals surface area contributed by atoms with Crippen LogP contribution >= 0.6 is 0 Å². The third-order valence-corrected chi connectivity index (χ3v) is 3.37. The number of fused-ring (bicyclic) bond motifs is 1. The molecule has 0 fully saturated rings. The fraction of sp³-hybridized carbons (Fsp3) is 0.214. The van der Waals surface area contributed by atoms with E-state index in [0.717, 1.165) is 5.56 Å². The number of nitro benzene ring substituents is 1. The van der Waals surface area contributed by atoms with Crippen LogP contribution in [0, 0.1) is 17.0 Å². The predicted octanol–water partition coefficient (Wildman–Crippen LogP) is 2.70. The Kier molecular flexibility index (Phi) is 2.78. The summed E-state index contributed by atoms with van der Waals surface area (Å²) < 4.78 is 5.33. The predicted molar refractivity (Wildman–Crippen MR) is 71.9 cm³/mol. The third kappa shape index (κ3) is 1.95. The number of benzene rings is 1. The van der Waals surface area contributed by atoms with Gasteiger partial charge in [-0.25, -0.2) is 0 Å². The molecule has 0 aliphatic carbocycles. The van der Waals surface area contributed by atoms with Gasteiger partial charge >= 0.3 is 0 Å². The number of non-ortho nitro benzene ring substituents is 1. The number of furan rings is 1. The summed E-state index contributed by atoms with van der Waals surface area (Å²) in [4.78, 5) is 24.3. The molecule has 1 aromatic carbocycles. The standard InChI is InChI=1S/C14H12N2O4/c1-9-2-5-13(20-9)14(17)15-7-6-10-3-4-11(16(18)19)8-12(10)15/h2-5,8H,6-7H2,1H3. The van der Waals surface area contributed by atoms with E-state index in [2.05, 4.69) is 0 Å². The zero-order valence-electron chi connectivity index (χ0n) is 10.8. The molecule has 102 valence electrons. The van der Waals surface area contributed by atoms with Gasteiger partial charge in [-0.05, 0) is 31.0 Å². The van der Waals surface area contributed by atoms with E-state index in [9.17, 15) is 14.9 Å². The lowest BCUT2D eigenvalue weighted by atomic mass is 10.1. The zero-order chi connectivity index (χ0) is 14.3. The number of nitro groups is 1. The summed E-state index contributed by atoms with van der Waals surface area (Å²) in [6, 6.07) is 7.94. The number of hydrogen-bond donors (Lipinski definition) is 0. The summed E-state index contributed by atoms with van der Waals surface area (Å²) in [5.41, 5.74) is 1.52. The van der Waals surface area contributed by atoms with Crippen molar-refractivity contribution in [1.82, 2.24) is 0 Å². The first-order valence-electron chi connectivity index (χ1n) is 6.22. The molecule has 0 unspecified atom stereocenters. The molecule has 6 heteroatoms. The van der Waals surface area contributed by atoms with Crippen LogP contribution < -0.4 is 4.90 Å². The first kappa shape index (κ1) is 12.4. The normalized spacial score (nSPS) is 13.3. The monoisotopic (exact) mass is 272 g/mol. The molecule has 1 aliphatic heterocycles. The minimum absolute atomic E-state index is 0.0147. The van der Waals surface area contributed by atoms with E-state index >= 15 is 0 Å². The van der Waals surface area contributed by atoms with Crippen molar-refractivity contribution in [2.75, 3.05) is 11.4 Å². The van der Waals surface area contributed by atoms with Gasteiger partial charge in [0.15, 0.2) is 5.76 Å². The SMILES string of the molecule is Cc1ccc(C(=O)N2CCc3ccc([N+](=O)[O-])cc32)o1. The molecule has 0 saturated carbocycles. The summed E-state index contributed by atoms with van der Waals surface area (Å²) in [6.45, 7) is 2.27. The first-order valence-corrected chi connectivity index (χ1v) is 6.22. The van der Waals surface area contributed by atoms with Gasteiger partial charge in [-0.15, -0.1) is 0 Å². The Labute approximate surface area is 114 Å². The molecular formula is C14H12N2O4. The van der Waals surface area contributed by atoms with Crippen molar-refractivity contribution in [1.29, 1.82) is 0 Å². The minimum Gasteiger partial charge on any atom is -0.456 e. The van der Waals surface area contributed by atoms with Gasteiger partial charge in [0, 0.05) is 18.7 Å².